The van der Waals surface area contributed by atoms with E-state index in [1.54, 1.807) is 4.68 Å². The van der Waals surface area contributed by atoms with Gasteiger partial charge in [0.05, 0.1) is 12.2 Å². The summed E-state index contributed by atoms with van der Waals surface area (Å²) in [5, 5.41) is 7.63. The van der Waals surface area contributed by atoms with Gasteiger partial charge in [-0.3, -0.25) is 4.68 Å². The van der Waals surface area contributed by atoms with E-state index in [1.807, 2.05) is 44.4 Å². The molecule has 0 amide bonds. The molecule has 94 valence electrons. The molecular weight excluding hydrogens is 244 g/mol. The van der Waals surface area contributed by atoms with Crippen LogP contribution in [0.15, 0.2) is 30.5 Å². The molecule has 0 unspecified atom stereocenters. The molecule has 1 aromatic carbocycles. The number of hydrogen-bond donors (Lipinski definition) is 2. The van der Waals surface area contributed by atoms with Crippen molar-refractivity contribution < 1.29 is 0 Å². The maximum atomic E-state index is 5.63. The van der Waals surface area contributed by atoms with E-state index in [4.69, 9.17) is 18.0 Å². The molecular formula is C13H16N4S. The monoisotopic (exact) mass is 260 g/mol. The fourth-order valence-corrected chi connectivity index (χ4v) is 2.03. The third-order valence-corrected chi connectivity index (χ3v) is 2.95. The third kappa shape index (κ3) is 2.87. The highest BCUT2D eigenvalue weighted by Crippen LogP contribution is 2.15. The molecule has 18 heavy (non-hydrogen) atoms. The quantitative estimate of drug-likeness (QED) is 0.825. The molecule has 0 saturated heterocycles. The Morgan fingerprint density at radius 3 is 2.78 bits per heavy atom. The van der Waals surface area contributed by atoms with Gasteiger partial charge in [-0.1, -0.05) is 12.2 Å². The lowest BCUT2D eigenvalue weighted by molar-refractivity contribution is 0.747. The summed E-state index contributed by atoms with van der Waals surface area (Å²) in [6.45, 7) is 2.70. The molecule has 0 aliphatic rings. The lowest BCUT2D eigenvalue weighted by atomic mass is 10.1. The van der Waals surface area contributed by atoms with Crippen LogP contribution in [-0.4, -0.2) is 14.8 Å². The van der Waals surface area contributed by atoms with Gasteiger partial charge in [0.1, 0.15) is 4.99 Å². The van der Waals surface area contributed by atoms with Crippen LogP contribution in [-0.2, 0) is 13.6 Å². The first-order chi connectivity index (χ1) is 8.56. The average molecular weight is 260 g/mol. The summed E-state index contributed by atoms with van der Waals surface area (Å²) < 4.78 is 1.79. The van der Waals surface area contributed by atoms with Crippen LogP contribution in [0, 0.1) is 6.92 Å². The van der Waals surface area contributed by atoms with Gasteiger partial charge in [-0.05, 0) is 36.8 Å². The van der Waals surface area contributed by atoms with Gasteiger partial charge in [0.2, 0.25) is 0 Å². The first kappa shape index (κ1) is 12.6. The number of rotatable bonds is 4. The van der Waals surface area contributed by atoms with Crippen LogP contribution >= 0.6 is 12.2 Å². The molecule has 1 heterocycles. The molecule has 0 fully saturated rings. The van der Waals surface area contributed by atoms with Crippen LogP contribution in [0.1, 0.15) is 16.8 Å². The van der Waals surface area contributed by atoms with E-state index in [2.05, 4.69) is 10.4 Å². The molecule has 0 atom stereocenters. The maximum Gasteiger partial charge on any atom is 0.104 e. The van der Waals surface area contributed by atoms with Gasteiger partial charge in [0, 0.05) is 24.5 Å². The van der Waals surface area contributed by atoms with E-state index < -0.39 is 0 Å². The number of nitrogens with two attached hydrogens (primary N) is 1. The van der Waals surface area contributed by atoms with Crippen LogP contribution in [0.2, 0.25) is 0 Å². The van der Waals surface area contributed by atoms with Crippen LogP contribution in [0.25, 0.3) is 0 Å². The molecule has 0 spiro atoms. The first-order valence-electron chi connectivity index (χ1n) is 5.69. The highest BCUT2D eigenvalue weighted by Gasteiger charge is 2.03. The van der Waals surface area contributed by atoms with E-state index in [0.717, 1.165) is 22.5 Å². The molecule has 1 aromatic heterocycles. The number of anilines is 1. The first-order valence-corrected chi connectivity index (χ1v) is 6.10. The standard InChI is InChI=1S/C13H16N4S/c1-9-7-10(3-4-12(9)13(14)18)15-8-11-5-6-17(2)16-11/h3-7,15H,8H2,1-2H3,(H2,14,18). The van der Waals surface area contributed by atoms with Gasteiger partial charge < -0.3 is 11.1 Å². The number of nitrogens with zero attached hydrogens (tertiary/aromatic N) is 2. The van der Waals surface area contributed by atoms with Crippen molar-refractivity contribution in [1.29, 1.82) is 0 Å². The van der Waals surface area contributed by atoms with Crippen molar-refractivity contribution in [2.24, 2.45) is 12.8 Å². The Morgan fingerprint density at radius 2 is 2.22 bits per heavy atom. The fraction of sp³-hybridized carbons (Fsp3) is 0.231. The molecule has 2 aromatic rings. The molecule has 0 radical (unpaired) electrons. The number of benzene rings is 1. The SMILES string of the molecule is Cc1cc(NCc2ccn(C)n2)ccc1C(N)=S. The maximum absolute atomic E-state index is 5.63. The van der Waals surface area contributed by atoms with Crippen LogP contribution < -0.4 is 11.1 Å². The lowest BCUT2D eigenvalue weighted by Gasteiger charge is -2.08. The molecule has 2 rings (SSSR count). The second kappa shape index (κ2) is 5.18. The second-order valence-electron chi connectivity index (χ2n) is 4.23. The summed E-state index contributed by atoms with van der Waals surface area (Å²) in [5.74, 6) is 0. The Hall–Kier alpha value is -1.88. The number of nitrogens with one attached hydrogen (secondary N) is 1. The van der Waals surface area contributed by atoms with Crippen LogP contribution in [0.5, 0.6) is 0 Å². The zero-order valence-electron chi connectivity index (χ0n) is 10.5. The number of aryl methyl sites for hydroxylation is 2. The smallest absolute Gasteiger partial charge is 0.104 e. The van der Waals surface area contributed by atoms with Gasteiger partial charge in [0.25, 0.3) is 0 Å². The molecule has 0 aliphatic carbocycles. The minimum absolute atomic E-state index is 0.434. The zero-order chi connectivity index (χ0) is 13.1. The van der Waals surface area contributed by atoms with Crippen molar-refractivity contribution >= 4 is 22.9 Å². The molecule has 0 bridgehead atoms. The largest absolute Gasteiger partial charge is 0.389 e. The molecule has 3 N–H and O–H groups in total. The Morgan fingerprint density at radius 1 is 1.44 bits per heavy atom. The minimum atomic E-state index is 0.434. The summed E-state index contributed by atoms with van der Waals surface area (Å²) in [5.41, 5.74) is 9.68. The van der Waals surface area contributed by atoms with E-state index in [1.165, 1.54) is 0 Å². The summed E-state index contributed by atoms with van der Waals surface area (Å²) in [4.78, 5) is 0.434. The van der Waals surface area contributed by atoms with E-state index >= 15 is 0 Å². The highest BCUT2D eigenvalue weighted by molar-refractivity contribution is 7.80. The Kier molecular flexibility index (Phi) is 3.62. The normalized spacial score (nSPS) is 10.3. The predicted molar refractivity (Wildman–Crippen MR) is 77.6 cm³/mol. The molecule has 0 saturated carbocycles. The molecule has 4 nitrogen and oxygen atoms in total. The summed E-state index contributed by atoms with van der Waals surface area (Å²) in [6, 6.07) is 7.95. The van der Waals surface area contributed by atoms with Crippen molar-refractivity contribution in [3.05, 3.63) is 47.3 Å². The van der Waals surface area contributed by atoms with E-state index in [0.29, 0.717) is 11.5 Å². The topological polar surface area (TPSA) is 55.9 Å². The van der Waals surface area contributed by atoms with Crippen molar-refractivity contribution in [3.8, 4) is 0 Å². The van der Waals surface area contributed by atoms with Crippen LogP contribution in [0.4, 0.5) is 5.69 Å². The van der Waals surface area contributed by atoms with Crippen LogP contribution in [0.3, 0.4) is 0 Å². The zero-order valence-corrected chi connectivity index (χ0v) is 11.3. The fourth-order valence-electron chi connectivity index (χ4n) is 1.80. The number of aromatic nitrogens is 2. The third-order valence-electron chi connectivity index (χ3n) is 2.73. The average Bonchev–Trinajstić information content (AvgIpc) is 2.72. The Bertz CT molecular complexity index is 574. The van der Waals surface area contributed by atoms with Gasteiger partial charge in [-0.2, -0.15) is 5.10 Å². The summed E-state index contributed by atoms with van der Waals surface area (Å²) >= 11 is 4.98. The van der Waals surface area contributed by atoms with Crippen molar-refractivity contribution in [1.82, 2.24) is 9.78 Å². The van der Waals surface area contributed by atoms with Gasteiger partial charge in [-0.25, -0.2) is 0 Å². The Balaban J connectivity index is 2.06. The van der Waals surface area contributed by atoms with E-state index in [9.17, 15) is 0 Å². The van der Waals surface area contributed by atoms with Gasteiger partial charge in [0.15, 0.2) is 0 Å². The minimum Gasteiger partial charge on any atom is -0.389 e. The van der Waals surface area contributed by atoms with E-state index in [-0.39, 0.29) is 0 Å². The number of thiocarbonyl (C=S) groups is 1. The second-order valence-corrected chi connectivity index (χ2v) is 4.67. The van der Waals surface area contributed by atoms with Crippen molar-refractivity contribution in [2.45, 2.75) is 13.5 Å². The number of hydrogen-bond acceptors (Lipinski definition) is 3. The van der Waals surface area contributed by atoms with Gasteiger partial charge in [-0.15, -0.1) is 0 Å². The van der Waals surface area contributed by atoms with Crippen molar-refractivity contribution in [2.75, 3.05) is 5.32 Å². The lowest BCUT2D eigenvalue weighted by Crippen LogP contribution is -2.11. The molecule has 0 aliphatic heterocycles. The summed E-state index contributed by atoms with van der Waals surface area (Å²) in [7, 11) is 1.91. The van der Waals surface area contributed by atoms with Gasteiger partial charge >= 0.3 is 0 Å². The predicted octanol–water partition coefficient (Wildman–Crippen LogP) is 1.97. The Labute approximate surface area is 112 Å². The summed E-state index contributed by atoms with van der Waals surface area (Å²) in [6.07, 6.45) is 1.93. The molecule has 5 heteroatoms. The van der Waals surface area contributed by atoms with Crippen molar-refractivity contribution in [3.63, 3.8) is 0 Å². The highest BCUT2D eigenvalue weighted by atomic mass is 32.1.